The van der Waals surface area contributed by atoms with Gasteiger partial charge in [0.1, 0.15) is 23.6 Å². The lowest BCUT2D eigenvalue weighted by molar-refractivity contribution is -0.137. The third-order valence-corrected chi connectivity index (χ3v) is 6.38. The number of rotatable bonds is 6. The SMILES string of the molecule is NC(=O)C[C@H]1CCCN(C(=O)[C@@H](C=O)c2ccc3c(-c4ccc(F)cc4Cl)cc(=O)oc3c2)C1. The van der Waals surface area contributed by atoms with Crippen molar-refractivity contribution >= 4 is 40.7 Å². The van der Waals surface area contributed by atoms with Gasteiger partial charge in [-0.1, -0.05) is 23.7 Å². The molecule has 1 aliphatic heterocycles. The fourth-order valence-corrected chi connectivity index (χ4v) is 4.76. The van der Waals surface area contributed by atoms with Crippen LogP contribution in [0.2, 0.25) is 5.02 Å². The number of primary amides is 1. The minimum atomic E-state index is -1.10. The van der Waals surface area contributed by atoms with Gasteiger partial charge in [-0.15, -0.1) is 0 Å². The molecular formula is C25H22ClFN2O5. The molecule has 0 radical (unpaired) electrons. The molecule has 0 unspecified atom stereocenters. The van der Waals surface area contributed by atoms with Crippen LogP contribution in [-0.2, 0) is 14.4 Å². The lowest BCUT2D eigenvalue weighted by atomic mass is 9.91. The van der Waals surface area contributed by atoms with Crippen molar-refractivity contribution in [1.82, 2.24) is 4.90 Å². The zero-order valence-electron chi connectivity index (χ0n) is 18.1. The van der Waals surface area contributed by atoms with Crippen LogP contribution >= 0.6 is 11.6 Å². The maximum absolute atomic E-state index is 13.5. The van der Waals surface area contributed by atoms with Gasteiger partial charge in [-0.25, -0.2) is 9.18 Å². The van der Waals surface area contributed by atoms with Crippen LogP contribution in [0.4, 0.5) is 4.39 Å². The van der Waals surface area contributed by atoms with Crippen molar-refractivity contribution in [3.63, 3.8) is 0 Å². The molecule has 2 amide bonds. The lowest BCUT2D eigenvalue weighted by Gasteiger charge is -2.33. The number of hydrogen-bond donors (Lipinski definition) is 1. The van der Waals surface area contributed by atoms with E-state index in [0.29, 0.717) is 47.9 Å². The highest BCUT2D eigenvalue weighted by Gasteiger charge is 2.30. The van der Waals surface area contributed by atoms with E-state index < -0.39 is 23.3 Å². The molecule has 2 atom stereocenters. The lowest BCUT2D eigenvalue weighted by Crippen LogP contribution is -2.43. The van der Waals surface area contributed by atoms with Crippen LogP contribution in [0.25, 0.3) is 22.1 Å². The first kappa shape index (κ1) is 23.6. The molecule has 2 N–H and O–H groups in total. The highest BCUT2D eigenvalue weighted by atomic mass is 35.5. The van der Waals surface area contributed by atoms with Crippen molar-refractivity contribution in [2.24, 2.45) is 11.7 Å². The summed E-state index contributed by atoms with van der Waals surface area (Å²) in [6.07, 6.45) is 2.24. The van der Waals surface area contributed by atoms with E-state index in [1.165, 1.54) is 24.3 Å². The Morgan fingerprint density at radius 1 is 1.21 bits per heavy atom. The second kappa shape index (κ2) is 9.77. The van der Waals surface area contributed by atoms with Crippen LogP contribution in [0.1, 0.15) is 30.7 Å². The molecule has 9 heteroatoms. The van der Waals surface area contributed by atoms with Gasteiger partial charge in [0.05, 0.1) is 5.02 Å². The van der Waals surface area contributed by atoms with Gasteiger partial charge in [-0.05, 0) is 48.6 Å². The molecule has 1 aliphatic rings. The molecular weight excluding hydrogens is 463 g/mol. The van der Waals surface area contributed by atoms with Crippen LogP contribution in [0.15, 0.2) is 51.7 Å². The molecule has 0 aliphatic carbocycles. The Morgan fingerprint density at radius 3 is 2.71 bits per heavy atom. The predicted octanol–water partition coefficient (Wildman–Crippen LogP) is 3.65. The number of halogens is 2. The predicted molar refractivity (Wildman–Crippen MR) is 125 cm³/mol. The Balaban J connectivity index is 1.69. The van der Waals surface area contributed by atoms with Gasteiger partial charge >= 0.3 is 5.63 Å². The van der Waals surface area contributed by atoms with Crippen molar-refractivity contribution in [1.29, 1.82) is 0 Å². The summed E-state index contributed by atoms with van der Waals surface area (Å²) < 4.78 is 18.8. The van der Waals surface area contributed by atoms with Gasteiger partial charge in [0.25, 0.3) is 0 Å². The van der Waals surface area contributed by atoms with Crippen LogP contribution < -0.4 is 11.4 Å². The van der Waals surface area contributed by atoms with Crippen LogP contribution in [0.3, 0.4) is 0 Å². The van der Waals surface area contributed by atoms with E-state index in [2.05, 4.69) is 0 Å². The number of benzene rings is 2. The van der Waals surface area contributed by atoms with Crippen LogP contribution in [-0.4, -0.2) is 36.1 Å². The average Bonchev–Trinajstić information content (AvgIpc) is 2.78. The zero-order valence-corrected chi connectivity index (χ0v) is 18.9. The highest BCUT2D eigenvalue weighted by molar-refractivity contribution is 6.33. The third-order valence-electron chi connectivity index (χ3n) is 6.07. The zero-order chi connectivity index (χ0) is 24.4. The van der Waals surface area contributed by atoms with Gasteiger partial charge in [-0.2, -0.15) is 0 Å². The number of nitrogens with zero attached hydrogens (tertiary/aromatic N) is 1. The number of hydrogen-bond acceptors (Lipinski definition) is 5. The smallest absolute Gasteiger partial charge is 0.336 e. The van der Waals surface area contributed by atoms with E-state index in [1.807, 2.05) is 0 Å². The largest absolute Gasteiger partial charge is 0.423 e. The maximum atomic E-state index is 13.5. The molecule has 0 bridgehead atoms. The number of aldehydes is 1. The summed E-state index contributed by atoms with van der Waals surface area (Å²) in [5.74, 6) is -2.46. The van der Waals surface area contributed by atoms with E-state index in [4.69, 9.17) is 21.8 Å². The topological polar surface area (TPSA) is 111 Å². The number of nitrogens with two attached hydrogens (primary N) is 1. The molecule has 176 valence electrons. The molecule has 1 aromatic heterocycles. The van der Waals surface area contributed by atoms with Gasteiger partial charge in [0.2, 0.25) is 11.8 Å². The molecule has 1 fully saturated rings. The Kier molecular flexibility index (Phi) is 6.79. The Labute approximate surface area is 199 Å². The first-order valence-corrected chi connectivity index (χ1v) is 11.2. The number of fused-ring (bicyclic) bond motifs is 1. The second-order valence-electron chi connectivity index (χ2n) is 8.44. The molecule has 34 heavy (non-hydrogen) atoms. The molecule has 0 spiro atoms. The maximum Gasteiger partial charge on any atom is 0.336 e. The Morgan fingerprint density at radius 2 is 2.00 bits per heavy atom. The number of carbonyl (C=O) groups excluding carboxylic acids is 3. The molecule has 3 aromatic rings. The van der Waals surface area contributed by atoms with Gasteiger partial charge in [0.15, 0.2) is 0 Å². The van der Waals surface area contributed by atoms with E-state index in [1.54, 1.807) is 17.0 Å². The van der Waals surface area contributed by atoms with Crippen LogP contribution in [0.5, 0.6) is 0 Å². The average molecular weight is 485 g/mol. The number of likely N-dealkylation sites (tertiary alicyclic amines) is 1. The summed E-state index contributed by atoms with van der Waals surface area (Å²) in [6.45, 7) is 0.830. The summed E-state index contributed by atoms with van der Waals surface area (Å²) >= 11 is 6.19. The normalized spacial score (nSPS) is 16.9. The van der Waals surface area contributed by atoms with Crippen molar-refractivity contribution in [3.05, 3.63) is 69.3 Å². The second-order valence-corrected chi connectivity index (χ2v) is 8.84. The van der Waals surface area contributed by atoms with Crippen molar-refractivity contribution < 1.29 is 23.2 Å². The van der Waals surface area contributed by atoms with E-state index in [0.717, 1.165) is 12.5 Å². The Hall–Kier alpha value is -3.52. The molecule has 2 heterocycles. The van der Waals surface area contributed by atoms with Crippen molar-refractivity contribution in [2.45, 2.75) is 25.2 Å². The molecule has 2 aromatic carbocycles. The standard InChI is InChI=1S/C25H22ClFN2O5/c26-21-10-16(27)4-6-17(21)19-11-24(32)34-22-9-15(3-5-18(19)22)20(13-30)25(33)29-7-1-2-14(12-29)8-23(28)31/h3-6,9-11,13-14,20H,1-2,7-8,12H2,(H2,28,31)/t14-,20+/m1/s1. The van der Waals surface area contributed by atoms with Gasteiger partial charge in [0, 0.05) is 42.1 Å². The van der Waals surface area contributed by atoms with Gasteiger partial charge < -0.3 is 19.8 Å². The summed E-state index contributed by atoms with van der Waals surface area (Å²) in [5, 5.41) is 0.654. The molecule has 0 saturated carbocycles. The first-order chi connectivity index (χ1) is 16.3. The minimum absolute atomic E-state index is 0.0415. The van der Waals surface area contributed by atoms with Gasteiger partial charge in [-0.3, -0.25) is 9.59 Å². The van der Waals surface area contributed by atoms with E-state index in [9.17, 15) is 23.6 Å². The number of carbonyl (C=O) groups is 3. The summed E-state index contributed by atoms with van der Waals surface area (Å²) in [6, 6.07) is 9.85. The van der Waals surface area contributed by atoms with Crippen molar-refractivity contribution in [2.75, 3.05) is 13.1 Å². The van der Waals surface area contributed by atoms with E-state index >= 15 is 0 Å². The fraction of sp³-hybridized carbons (Fsp3) is 0.280. The first-order valence-electron chi connectivity index (χ1n) is 10.8. The minimum Gasteiger partial charge on any atom is -0.423 e. The fourth-order valence-electron chi connectivity index (χ4n) is 4.50. The molecule has 4 rings (SSSR count). The highest BCUT2D eigenvalue weighted by Crippen LogP contribution is 2.34. The number of amides is 2. The quantitative estimate of drug-likeness (QED) is 0.326. The summed E-state index contributed by atoms with van der Waals surface area (Å²) in [5.41, 5.74) is 6.08. The summed E-state index contributed by atoms with van der Waals surface area (Å²) in [7, 11) is 0. The monoisotopic (exact) mass is 484 g/mol. The third kappa shape index (κ3) is 4.87. The van der Waals surface area contributed by atoms with Crippen LogP contribution in [0, 0.1) is 11.7 Å². The van der Waals surface area contributed by atoms with Crippen molar-refractivity contribution in [3.8, 4) is 11.1 Å². The molecule has 7 nitrogen and oxygen atoms in total. The Bertz CT molecular complexity index is 1340. The van der Waals surface area contributed by atoms with E-state index in [-0.39, 0.29) is 28.9 Å². The molecule has 1 saturated heterocycles. The summed E-state index contributed by atoms with van der Waals surface area (Å²) in [4.78, 5) is 50.2. The number of piperidine rings is 1.